The zero-order valence-corrected chi connectivity index (χ0v) is 16.7. The smallest absolute Gasteiger partial charge is 0.343 e. The first-order valence-corrected chi connectivity index (χ1v) is 9.23. The van der Waals surface area contributed by atoms with E-state index in [0.717, 1.165) is 22.3 Å². The standard InChI is InChI=1S/C25H22O4/c1-5-19-8-12-21(13-9-19)25(27)29-23-15-14-22(17(3)18(23)4)28-24(26)20-10-6-16(2)7-11-20/h5-15H,1H2,2-4H3. The van der Waals surface area contributed by atoms with Crippen molar-refractivity contribution in [1.82, 2.24) is 0 Å². The number of ether oxygens (including phenoxy) is 2. The first-order valence-electron chi connectivity index (χ1n) is 9.23. The average molecular weight is 386 g/mol. The molecule has 0 saturated carbocycles. The van der Waals surface area contributed by atoms with E-state index in [4.69, 9.17) is 9.47 Å². The van der Waals surface area contributed by atoms with Crippen LogP contribution in [0.15, 0.2) is 67.2 Å². The molecule has 0 N–H and O–H groups in total. The van der Waals surface area contributed by atoms with Gasteiger partial charge < -0.3 is 9.47 Å². The summed E-state index contributed by atoms with van der Waals surface area (Å²) in [5.41, 5.74) is 4.38. The quantitative estimate of drug-likeness (QED) is 0.417. The van der Waals surface area contributed by atoms with Crippen LogP contribution < -0.4 is 9.47 Å². The van der Waals surface area contributed by atoms with Crippen LogP contribution in [0.4, 0.5) is 0 Å². The van der Waals surface area contributed by atoms with Gasteiger partial charge in [-0.2, -0.15) is 0 Å². The van der Waals surface area contributed by atoms with Crippen LogP contribution in [0.2, 0.25) is 0 Å². The highest BCUT2D eigenvalue weighted by Gasteiger charge is 2.16. The summed E-state index contributed by atoms with van der Waals surface area (Å²) in [7, 11) is 0. The summed E-state index contributed by atoms with van der Waals surface area (Å²) in [6, 6.07) is 17.4. The van der Waals surface area contributed by atoms with E-state index in [0.29, 0.717) is 22.6 Å². The van der Waals surface area contributed by atoms with Gasteiger partial charge in [-0.3, -0.25) is 0 Å². The molecular formula is C25H22O4. The van der Waals surface area contributed by atoms with Gasteiger partial charge in [0.15, 0.2) is 0 Å². The van der Waals surface area contributed by atoms with Gasteiger partial charge in [-0.25, -0.2) is 9.59 Å². The molecule has 0 heterocycles. The highest BCUT2D eigenvalue weighted by atomic mass is 16.5. The Morgan fingerprint density at radius 3 is 1.52 bits per heavy atom. The van der Waals surface area contributed by atoms with Crippen molar-refractivity contribution in [3.8, 4) is 11.5 Å². The zero-order valence-electron chi connectivity index (χ0n) is 16.7. The summed E-state index contributed by atoms with van der Waals surface area (Å²) in [4.78, 5) is 24.8. The van der Waals surface area contributed by atoms with E-state index in [1.165, 1.54) is 0 Å². The van der Waals surface area contributed by atoms with E-state index >= 15 is 0 Å². The summed E-state index contributed by atoms with van der Waals surface area (Å²) >= 11 is 0. The van der Waals surface area contributed by atoms with Crippen LogP contribution in [0.25, 0.3) is 6.08 Å². The summed E-state index contributed by atoms with van der Waals surface area (Å²) in [6.07, 6.45) is 1.71. The van der Waals surface area contributed by atoms with Crippen molar-refractivity contribution in [2.45, 2.75) is 20.8 Å². The molecule has 0 atom stereocenters. The molecule has 4 heteroatoms. The fourth-order valence-corrected chi connectivity index (χ4v) is 2.75. The molecule has 0 aliphatic rings. The second kappa shape index (κ2) is 8.57. The Morgan fingerprint density at radius 2 is 1.10 bits per heavy atom. The predicted molar refractivity (Wildman–Crippen MR) is 114 cm³/mol. The van der Waals surface area contributed by atoms with Crippen LogP contribution in [0, 0.1) is 20.8 Å². The number of aryl methyl sites for hydroxylation is 1. The second-order valence-corrected chi connectivity index (χ2v) is 6.78. The van der Waals surface area contributed by atoms with Crippen LogP contribution in [0.3, 0.4) is 0 Å². The molecule has 0 spiro atoms. The van der Waals surface area contributed by atoms with Gasteiger partial charge in [0.05, 0.1) is 11.1 Å². The number of carbonyl (C=O) groups is 2. The minimum atomic E-state index is -0.451. The Morgan fingerprint density at radius 1 is 0.690 bits per heavy atom. The fourth-order valence-electron chi connectivity index (χ4n) is 2.75. The number of rotatable bonds is 5. The van der Waals surface area contributed by atoms with Crippen molar-refractivity contribution in [3.05, 3.63) is 101 Å². The van der Waals surface area contributed by atoms with Gasteiger partial charge in [0.1, 0.15) is 11.5 Å². The number of benzene rings is 3. The van der Waals surface area contributed by atoms with Crippen molar-refractivity contribution in [2.75, 3.05) is 0 Å². The number of hydrogen-bond acceptors (Lipinski definition) is 4. The van der Waals surface area contributed by atoms with E-state index in [-0.39, 0.29) is 0 Å². The molecule has 0 fully saturated rings. The van der Waals surface area contributed by atoms with Crippen molar-refractivity contribution in [3.63, 3.8) is 0 Å². The molecule has 3 rings (SSSR count). The Labute approximate surface area is 170 Å². The SMILES string of the molecule is C=Cc1ccc(C(=O)Oc2ccc(OC(=O)c3ccc(C)cc3)c(C)c2C)cc1. The lowest BCUT2D eigenvalue weighted by molar-refractivity contribution is 0.0717. The third-order valence-electron chi connectivity index (χ3n) is 4.76. The van der Waals surface area contributed by atoms with E-state index in [2.05, 4.69) is 6.58 Å². The topological polar surface area (TPSA) is 52.6 Å². The molecule has 146 valence electrons. The average Bonchev–Trinajstić information content (AvgIpc) is 2.73. The summed E-state index contributed by atoms with van der Waals surface area (Å²) in [5, 5.41) is 0. The molecule has 0 amide bonds. The van der Waals surface area contributed by atoms with Crippen molar-refractivity contribution < 1.29 is 19.1 Å². The van der Waals surface area contributed by atoms with Crippen LogP contribution in [-0.4, -0.2) is 11.9 Å². The van der Waals surface area contributed by atoms with Gasteiger partial charge in [0, 0.05) is 0 Å². The van der Waals surface area contributed by atoms with Crippen LogP contribution in [-0.2, 0) is 0 Å². The Balaban J connectivity index is 1.76. The summed E-state index contributed by atoms with van der Waals surface area (Å²) in [5.74, 6) is -0.0225. The van der Waals surface area contributed by atoms with Gasteiger partial charge in [-0.1, -0.05) is 42.5 Å². The molecule has 3 aromatic rings. The fraction of sp³-hybridized carbons (Fsp3) is 0.120. The van der Waals surface area contributed by atoms with Crippen molar-refractivity contribution in [1.29, 1.82) is 0 Å². The lowest BCUT2D eigenvalue weighted by Crippen LogP contribution is -2.12. The minimum absolute atomic E-state index is 0.426. The number of esters is 2. The lowest BCUT2D eigenvalue weighted by Gasteiger charge is -2.14. The van der Waals surface area contributed by atoms with Crippen molar-refractivity contribution >= 4 is 18.0 Å². The molecular weight excluding hydrogens is 364 g/mol. The highest BCUT2D eigenvalue weighted by molar-refractivity contribution is 5.92. The van der Waals surface area contributed by atoms with Crippen molar-refractivity contribution in [2.24, 2.45) is 0 Å². The van der Waals surface area contributed by atoms with E-state index in [1.807, 2.05) is 32.9 Å². The Hall–Kier alpha value is -3.66. The highest BCUT2D eigenvalue weighted by Crippen LogP contribution is 2.30. The molecule has 29 heavy (non-hydrogen) atoms. The maximum Gasteiger partial charge on any atom is 0.343 e. The third kappa shape index (κ3) is 4.61. The van der Waals surface area contributed by atoms with E-state index in [1.54, 1.807) is 54.6 Å². The maximum atomic E-state index is 12.4. The first-order chi connectivity index (χ1) is 13.9. The Kier molecular flexibility index (Phi) is 5.93. The monoisotopic (exact) mass is 386 g/mol. The predicted octanol–water partition coefficient (Wildman–Crippen LogP) is 5.69. The van der Waals surface area contributed by atoms with E-state index < -0.39 is 11.9 Å². The summed E-state index contributed by atoms with van der Waals surface area (Å²) in [6.45, 7) is 9.29. The molecule has 3 aromatic carbocycles. The molecule has 0 bridgehead atoms. The lowest BCUT2D eigenvalue weighted by atomic mass is 10.1. The molecule has 0 aliphatic carbocycles. The van der Waals surface area contributed by atoms with Crippen LogP contribution >= 0.6 is 0 Å². The molecule has 0 aliphatic heterocycles. The molecule has 0 aromatic heterocycles. The second-order valence-electron chi connectivity index (χ2n) is 6.78. The normalized spacial score (nSPS) is 10.3. The minimum Gasteiger partial charge on any atom is -0.423 e. The van der Waals surface area contributed by atoms with Gasteiger partial charge in [0.25, 0.3) is 0 Å². The molecule has 0 radical (unpaired) electrons. The first kappa shape index (κ1) is 20.1. The van der Waals surface area contributed by atoms with Gasteiger partial charge in [-0.15, -0.1) is 0 Å². The van der Waals surface area contributed by atoms with Gasteiger partial charge >= 0.3 is 11.9 Å². The van der Waals surface area contributed by atoms with Gasteiger partial charge in [0.2, 0.25) is 0 Å². The summed E-state index contributed by atoms with van der Waals surface area (Å²) < 4.78 is 11.1. The largest absolute Gasteiger partial charge is 0.423 e. The number of hydrogen-bond donors (Lipinski definition) is 0. The number of carbonyl (C=O) groups excluding carboxylic acids is 2. The molecule has 0 saturated heterocycles. The molecule has 0 unspecified atom stereocenters. The zero-order chi connectivity index (χ0) is 21.0. The maximum absolute atomic E-state index is 12.4. The van der Waals surface area contributed by atoms with Gasteiger partial charge in [-0.05, 0) is 73.9 Å². The van der Waals surface area contributed by atoms with Crippen LogP contribution in [0.5, 0.6) is 11.5 Å². The molecule has 4 nitrogen and oxygen atoms in total. The van der Waals surface area contributed by atoms with Crippen LogP contribution in [0.1, 0.15) is 43.0 Å². The third-order valence-corrected chi connectivity index (χ3v) is 4.76. The Bertz CT molecular complexity index is 1060. The van der Waals surface area contributed by atoms with E-state index in [9.17, 15) is 9.59 Å².